The van der Waals surface area contributed by atoms with Gasteiger partial charge in [0, 0.05) is 54.7 Å². The summed E-state index contributed by atoms with van der Waals surface area (Å²) in [6, 6.07) is 22.3. The van der Waals surface area contributed by atoms with Gasteiger partial charge in [0.2, 0.25) is 0 Å². The molecule has 0 amide bonds. The quantitative estimate of drug-likeness (QED) is 0.220. The van der Waals surface area contributed by atoms with Crippen LogP contribution >= 0.6 is 0 Å². The molecule has 0 aliphatic carbocycles. The third-order valence-electron chi connectivity index (χ3n) is 7.49. The number of rotatable bonds is 7. The minimum atomic E-state index is -3.40. The van der Waals surface area contributed by atoms with Crippen LogP contribution in [0, 0.1) is 0 Å². The number of aromatic nitrogens is 3. The van der Waals surface area contributed by atoms with Gasteiger partial charge in [0.1, 0.15) is 5.82 Å². The largest absolute Gasteiger partial charge is 0.334 e. The Morgan fingerprint density at radius 1 is 0.854 bits per heavy atom. The van der Waals surface area contributed by atoms with E-state index in [0.717, 1.165) is 44.6 Å². The Morgan fingerprint density at radius 2 is 1.59 bits per heavy atom. The Labute approximate surface area is 241 Å². The van der Waals surface area contributed by atoms with E-state index in [0.29, 0.717) is 5.56 Å². The van der Waals surface area contributed by atoms with Gasteiger partial charge in [0.05, 0.1) is 15.2 Å². The molecule has 2 aromatic heterocycles. The van der Waals surface area contributed by atoms with Gasteiger partial charge in [0.15, 0.2) is 19.7 Å². The van der Waals surface area contributed by atoms with Gasteiger partial charge in [-0.15, -0.1) is 0 Å². The lowest BCUT2D eigenvalue weighted by atomic mass is 9.92. The maximum absolute atomic E-state index is 12.7. The van der Waals surface area contributed by atoms with Crippen LogP contribution in [0.25, 0.3) is 33.7 Å². The monoisotopic (exact) mass is 585 g/mol. The summed E-state index contributed by atoms with van der Waals surface area (Å²) in [6.45, 7) is 3.44. The molecule has 0 bridgehead atoms. The van der Waals surface area contributed by atoms with Crippen LogP contribution in [0.3, 0.4) is 0 Å². The first kappa shape index (κ1) is 28.4. The van der Waals surface area contributed by atoms with Gasteiger partial charge in [0.25, 0.3) is 0 Å². The summed E-state index contributed by atoms with van der Waals surface area (Å²) in [5.41, 5.74) is 5.73. The van der Waals surface area contributed by atoms with Crippen molar-refractivity contribution in [2.75, 3.05) is 12.5 Å². The first-order valence-corrected chi connectivity index (χ1v) is 16.7. The second-order valence-corrected chi connectivity index (χ2v) is 15.3. The molecule has 0 spiro atoms. The van der Waals surface area contributed by atoms with Gasteiger partial charge in [-0.1, -0.05) is 36.4 Å². The van der Waals surface area contributed by atoms with Gasteiger partial charge >= 0.3 is 0 Å². The highest BCUT2D eigenvalue weighted by Gasteiger charge is 2.33. The summed E-state index contributed by atoms with van der Waals surface area (Å²) < 4.78 is 50.3. The van der Waals surface area contributed by atoms with E-state index in [1.807, 2.05) is 72.4 Å². The summed E-state index contributed by atoms with van der Waals surface area (Å²) in [5, 5.41) is 0.859. The molecule has 210 valence electrons. The molecule has 41 heavy (non-hydrogen) atoms. The van der Waals surface area contributed by atoms with Crippen LogP contribution in [-0.4, -0.2) is 43.9 Å². The lowest BCUT2D eigenvalue weighted by Crippen LogP contribution is -2.28. The minimum absolute atomic E-state index is 0.249. The van der Waals surface area contributed by atoms with Crippen molar-refractivity contribution in [3.63, 3.8) is 0 Å². The molecule has 3 aromatic carbocycles. The van der Waals surface area contributed by atoms with Crippen molar-refractivity contribution in [1.29, 1.82) is 0 Å². The fourth-order valence-electron chi connectivity index (χ4n) is 4.72. The van der Waals surface area contributed by atoms with E-state index < -0.39 is 24.4 Å². The van der Waals surface area contributed by atoms with Crippen LogP contribution in [0.1, 0.15) is 36.4 Å². The number of imidazole rings is 1. The average Bonchev–Trinajstić information content (AvgIpc) is 3.35. The summed E-state index contributed by atoms with van der Waals surface area (Å²) in [5.74, 6) is 0.728. The van der Waals surface area contributed by atoms with Crippen LogP contribution in [0.4, 0.5) is 0 Å². The van der Waals surface area contributed by atoms with Crippen LogP contribution in [0.15, 0.2) is 96.3 Å². The predicted molar refractivity (Wildman–Crippen MR) is 165 cm³/mol. The minimum Gasteiger partial charge on any atom is -0.334 e. The van der Waals surface area contributed by atoms with Crippen LogP contribution in [0.2, 0.25) is 0 Å². The van der Waals surface area contributed by atoms with Crippen molar-refractivity contribution in [3.8, 4) is 11.1 Å². The molecule has 0 aliphatic rings. The second kappa shape index (κ2) is 10.4. The topological polar surface area (TPSA) is 99.0 Å². The molecule has 2 heterocycles. The van der Waals surface area contributed by atoms with Crippen molar-refractivity contribution in [2.24, 2.45) is 7.05 Å². The molecule has 9 heteroatoms. The molecule has 5 aromatic rings. The van der Waals surface area contributed by atoms with E-state index in [1.165, 1.54) is 12.5 Å². The summed E-state index contributed by atoms with van der Waals surface area (Å²) in [7, 11) is -4.82. The molecular weight excluding hydrogens is 555 g/mol. The van der Waals surface area contributed by atoms with Gasteiger partial charge in [-0.2, -0.15) is 0 Å². The Bertz CT molecular complexity index is 2020. The van der Waals surface area contributed by atoms with E-state index in [-0.39, 0.29) is 4.90 Å². The second-order valence-electron chi connectivity index (χ2n) is 10.7. The van der Waals surface area contributed by atoms with E-state index in [1.54, 1.807) is 50.5 Å². The number of hydrogen-bond donors (Lipinski definition) is 0. The van der Waals surface area contributed by atoms with Crippen molar-refractivity contribution in [2.45, 2.75) is 23.5 Å². The number of sulfone groups is 2. The van der Waals surface area contributed by atoms with Gasteiger partial charge in [-0.25, -0.2) is 21.8 Å². The third-order valence-corrected chi connectivity index (χ3v) is 10.7. The number of fused-ring (bicyclic) bond motifs is 1. The van der Waals surface area contributed by atoms with E-state index in [4.69, 9.17) is 0 Å². The normalized spacial score (nSPS) is 13.0. The van der Waals surface area contributed by atoms with Crippen LogP contribution in [-0.2, 0) is 31.5 Å². The zero-order valence-corrected chi connectivity index (χ0v) is 25.2. The smallest absolute Gasteiger partial charge is 0.175 e. The summed E-state index contributed by atoms with van der Waals surface area (Å²) in [6.07, 6.45) is 9.77. The molecule has 0 N–H and O–H groups in total. The van der Waals surface area contributed by atoms with Gasteiger partial charge < -0.3 is 4.57 Å². The number of nitrogens with zero attached hydrogens (tertiary/aromatic N) is 3. The zero-order chi connectivity index (χ0) is 29.6. The molecule has 7 nitrogen and oxygen atoms in total. The lowest BCUT2D eigenvalue weighted by molar-refractivity contribution is 0.561. The fourth-order valence-corrected chi connectivity index (χ4v) is 5.90. The Hall–Kier alpha value is -4.08. The Morgan fingerprint density at radius 3 is 2.22 bits per heavy atom. The number of aryl methyl sites for hydroxylation is 1. The van der Waals surface area contributed by atoms with Crippen molar-refractivity contribution < 1.29 is 16.8 Å². The van der Waals surface area contributed by atoms with Crippen molar-refractivity contribution in [3.05, 3.63) is 114 Å². The van der Waals surface area contributed by atoms with Crippen molar-refractivity contribution in [1.82, 2.24) is 14.5 Å². The van der Waals surface area contributed by atoms with Gasteiger partial charge in [-0.3, -0.25) is 4.98 Å². The molecule has 0 unspecified atom stereocenters. The zero-order valence-electron chi connectivity index (χ0n) is 23.5. The first-order valence-electron chi connectivity index (χ1n) is 12.9. The van der Waals surface area contributed by atoms with Gasteiger partial charge in [-0.05, 0) is 78.6 Å². The Balaban J connectivity index is 1.69. The molecule has 0 aliphatic heterocycles. The lowest BCUT2D eigenvalue weighted by Gasteiger charge is -2.24. The van der Waals surface area contributed by atoms with E-state index >= 15 is 0 Å². The highest BCUT2D eigenvalue weighted by molar-refractivity contribution is 7.91. The maximum atomic E-state index is 12.7. The van der Waals surface area contributed by atoms with Crippen LogP contribution < -0.4 is 0 Å². The molecular formula is C32H31N3O4S2. The third kappa shape index (κ3) is 5.60. The number of hydrogen-bond acceptors (Lipinski definition) is 6. The summed E-state index contributed by atoms with van der Waals surface area (Å²) >= 11 is 0. The van der Waals surface area contributed by atoms with E-state index in [2.05, 4.69) is 9.97 Å². The number of benzene rings is 3. The molecule has 0 fully saturated rings. The fraction of sp³-hybridized carbons (Fsp3) is 0.188. The standard InChI is InChI=1S/C32H31N3O4S2/c1-32(2,41(5,38)39)26-20-25-10-7-15-33-30(25)28(21-26)24-9-6-8-22(18-24)19-29(31-34-16-17-35(31)3)23-11-13-27(14-12-23)40(4,36)37/h6-21H,1-5H3. The van der Waals surface area contributed by atoms with Crippen molar-refractivity contribution >= 4 is 42.2 Å². The highest BCUT2D eigenvalue weighted by Crippen LogP contribution is 2.37. The number of pyridine rings is 1. The molecule has 0 radical (unpaired) electrons. The highest BCUT2D eigenvalue weighted by atomic mass is 32.2. The molecule has 0 saturated heterocycles. The SMILES string of the molecule is Cn1ccnc1C(=Cc1cccc(-c2cc(C(C)(C)S(C)(=O)=O)cc3cccnc23)c1)c1ccc(S(C)(=O)=O)cc1. The molecule has 5 rings (SSSR count). The maximum Gasteiger partial charge on any atom is 0.175 e. The van der Waals surface area contributed by atoms with E-state index in [9.17, 15) is 16.8 Å². The predicted octanol–water partition coefficient (Wildman–Crippen LogP) is 5.91. The van der Waals surface area contributed by atoms with Crippen LogP contribution in [0.5, 0.6) is 0 Å². The Kier molecular flexibility index (Phi) is 7.21. The average molecular weight is 586 g/mol. The summed E-state index contributed by atoms with van der Waals surface area (Å²) in [4.78, 5) is 9.44. The first-order chi connectivity index (χ1) is 19.3. The molecule has 0 saturated carbocycles. The molecule has 0 atom stereocenters.